The van der Waals surface area contributed by atoms with Crippen molar-refractivity contribution >= 4 is 21.9 Å². The Balaban J connectivity index is 1.74. The van der Waals surface area contributed by atoms with E-state index in [1.165, 1.54) is 24.3 Å². The highest BCUT2D eigenvalue weighted by Crippen LogP contribution is 2.23. The molecule has 0 spiro atoms. The van der Waals surface area contributed by atoms with Gasteiger partial charge in [0.1, 0.15) is 6.04 Å². The number of nitrogens with one attached hydrogen (secondary N) is 2. The number of rotatable bonds is 7. The monoisotopic (exact) mass is 382 g/mol. The summed E-state index contributed by atoms with van der Waals surface area (Å²) in [6.07, 6.45) is 3.01. The van der Waals surface area contributed by atoms with Crippen molar-refractivity contribution in [3.05, 3.63) is 29.8 Å². The summed E-state index contributed by atoms with van der Waals surface area (Å²) in [5.41, 5.74) is 0.103. The number of carboxylic acid groups (broad SMARTS) is 1. The zero-order valence-corrected chi connectivity index (χ0v) is 15.0. The number of ether oxygens (including phenoxy) is 1. The minimum atomic E-state index is -3.68. The van der Waals surface area contributed by atoms with Crippen LogP contribution in [0, 0.1) is 5.92 Å². The van der Waals surface area contributed by atoms with Crippen LogP contribution in [0.15, 0.2) is 29.2 Å². The van der Waals surface area contributed by atoms with E-state index in [0.717, 1.165) is 19.3 Å². The van der Waals surface area contributed by atoms with E-state index in [-0.39, 0.29) is 29.0 Å². The molecule has 2 fully saturated rings. The fraction of sp³-hybridized carbons (Fsp3) is 0.529. The molecule has 1 aliphatic heterocycles. The molecule has 1 aromatic carbocycles. The van der Waals surface area contributed by atoms with Gasteiger partial charge in [-0.15, -0.1) is 0 Å². The topological polar surface area (TPSA) is 122 Å². The van der Waals surface area contributed by atoms with Crippen LogP contribution in [-0.2, 0) is 19.6 Å². The predicted octanol–water partition coefficient (Wildman–Crippen LogP) is 0.737. The summed E-state index contributed by atoms with van der Waals surface area (Å²) in [6, 6.07) is 4.48. The number of carbonyl (C=O) groups excluding carboxylic acids is 1. The van der Waals surface area contributed by atoms with Crippen LogP contribution < -0.4 is 10.0 Å². The first kappa shape index (κ1) is 18.8. The number of aliphatic carboxylic acids is 1. The molecular formula is C17H22N2O6S. The van der Waals surface area contributed by atoms with Gasteiger partial charge in [-0.2, -0.15) is 0 Å². The van der Waals surface area contributed by atoms with Gasteiger partial charge in [0.25, 0.3) is 5.91 Å². The molecule has 0 aromatic heterocycles. The van der Waals surface area contributed by atoms with E-state index in [0.29, 0.717) is 13.0 Å². The molecule has 2 aliphatic rings. The molecule has 0 radical (unpaired) electrons. The molecule has 1 saturated heterocycles. The Morgan fingerprint density at radius 3 is 2.62 bits per heavy atom. The maximum Gasteiger partial charge on any atom is 0.326 e. The van der Waals surface area contributed by atoms with E-state index < -0.39 is 27.9 Å². The Bertz CT molecular complexity index is 784. The van der Waals surface area contributed by atoms with Gasteiger partial charge in [-0.25, -0.2) is 17.9 Å². The van der Waals surface area contributed by atoms with Crippen molar-refractivity contribution < 1.29 is 27.9 Å². The summed E-state index contributed by atoms with van der Waals surface area (Å²) in [5.74, 6) is -2.06. The number of carbonyl (C=O) groups is 2. The van der Waals surface area contributed by atoms with Gasteiger partial charge in [-0.3, -0.25) is 4.79 Å². The molecule has 1 saturated carbocycles. The molecule has 1 heterocycles. The number of hydrogen-bond acceptors (Lipinski definition) is 5. The zero-order chi connectivity index (χ0) is 18.7. The second kappa shape index (κ2) is 7.73. The zero-order valence-electron chi connectivity index (χ0n) is 14.2. The van der Waals surface area contributed by atoms with Crippen molar-refractivity contribution in [2.45, 2.75) is 42.7 Å². The molecule has 0 bridgehead atoms. The van der Waals surface area contributed by atoms with Crippen LogP contribution in [0.1, 0.15) is 36.0 Å². The van der Waals surface area contributed by atoms with E-state index in [1.807, 2.05) is 0 Å². The SMILES string of the molecule is O=C(NC(C(=O)O)C1CCCOC1)c1cccc(S(=O)(=O)NC2CC2)c1. The minimum absolute atomic E-state index is 0.00933. The summed E-state index contributed by atoms with van der Waals surface area (Å²) < 4.78 is 32.4. The Hall–Kier alpha value is -1.97. The molecule has 1 aromatic rings. The molecule has 8 nitrogen and oxygen atoms in total. The van der Waals surface area contributed by atoms with Crippen LogP contribution in [0.25, 0.3) is 0 Å². The lowest BCUT2D eigenvalue weighted by atomic mass is 9.93. The van der Waals surface area contributed by atoms with Gasteiger partial charge in [-0.1, -0.05) is 6.07 Å². The number of hydrogen-bond donors (Lipinski definition) is 3. The molecule has 26 heavy (non-hydrogen) atoms. The Kier molecular flexibility index (Phi) is 5.59. The Morgan fingerprint density at radius 2 is 2.00 bits per heavy atom. The molecule has 1 amide bonds. The summed E-state index contributed by atoms with van der Waals surface area (Å²) in [4.78, 5) is 24.0. The lowest BCUT2D eigenvalue weighted by Gasteiger charge is -2.28. The third kappa shape index (κ3) is 4.60. The van der Waals surface area contributed by atoms with Crippen molar-refractivity contribution in [1.29, 1.82) is 0 Å². The van der Waals surface area contributed by atoms with Gasteiger partial charge >= 0.3 is 5.97 Å². The fourth-order valence-corrected chi connectivity index (χ4v) is 4.28. The van der Waals surface area contributed by atoms with E-state index in [9.17, 15) is 23.1 Å². The molecule has 2 unspecified atom stereocenters. The third-order valence-corrected chi connectivity index (χ3v) is 6.04. The van der Waals surface area contributed by atoms with Crippen LogP contribution >= 0.6 is 0 Å². The summed E-state index contributed by atoms with van der Waals surface area (Å²) >= 11 is 0. The lowest BCUT2D eigenvalue weighted by molar-refractivity contribution is -0.142. The summed E-state index contributed by atoms with van der Waals surface area (Å²) in [5, 5.41) is 11.9. The van der Waals surface area contributed by atoms with Crippen LogP contribution in [0.5, 0.6) is 0 Å². The van der Waals surface area contributed by atoms with Crippen LogP contribution in [-0.4, -0.2) is 50.7 Å². The quantitative estimate of drug-likeness (QED) is 0.639. The second-order valence-electron chi connectivity index (χ2n) is 6.69. The highest BCUT2D eigenvalue weighted by Gasteiger charge is 2.32. The first-order chi connectivity index (χ1) is 12.4. The molecule has 3 N–H and O–H groups in total. The summed E-state index contributed by atoms with van der Waals surface area (Å²) in [6.45, 7) is 0.863. The van der Waals surface area contributed by atoms with E-state index in [4.69, 9.17) is 4.74 Å². The normalized spacial score (nSPS) is 21.8. The number of sulfonamides is 1. The lowest BCUT2D eigenvalue weighted by Crippen LogP contribution is -2.48. The molecule has 9 heteroatoms. The van der Waals surface area contributed by atoms with Gasteiger partial charge in [0, 0.05) is 24.1 Å². The van der Waals surface area contributed by atoms with Crippen LogP contribution in [0.3, 0.4) is 0 Å². The van der Waals surface area contributed by atoms with Gasteiger partial charge in [0.05, 0.1) is 11.5 Å². The first-order valence-electron chi connectivity index (χ1n) is 8.60. The fourth-order valence-electron chi connectivity index (χ4n) is 2.93. The molecule has 1 aliphatic carbocycles. The van der Waals surface area contributed by atoms with E-state index in [2.05, 4.69) is 10.0 Å². The highest BCUT2D eigenvalue weighted by molar-refractivity contribution is 7.89. The average Bonchev–Trinajstić information content (AvgIpc) is 3.43. The van der Waals surface area contributed by atoms with Crippen molar-refractivity contribution in [2.75, 3.05) is 13.2 Å². The highest BCUT2D eigenvalue weighted by atomic mass is 32.2. The minimum Gasteiger partial charge on any atom is -0.480 e. The van der Waals surface area contributed by atoms with Crippen molar-refractivity contribution in [3.8, 4) is 0 Å². The molecule has 3 rings (SSSR count). The smallest absolute Gasteiger partial charge is 0.326 e. The standard InChI is InChI=1S/C17H22N2O6S/c20-16(18-15(17(21)22)12-4-2-8-25-10-12)11-3-1-5-14(9-11)26(23,24)19-13-6-7-13/h1,3,5,9,12-13,15,19H,2,4,6-8,10H2,(H,18,20)(H,21,22). The van der Waals surface area contributed by atoms with Crippen LogP contribution in [0.4, 0.5) is 0 Å². The van der Waals surface area contributed by atoms with Crippen molar-refractivity contribution in [3.63, 3.8) is 0 Å². The van der Waals surface area contributed by atoms with E-state index >= 15 is 0 Å². The Labute approximate surface area is 152 Å². The predicted molar refractivity (Wildman–Crippen MR) is 92.2 cm³/mol. The van der Waals surface area contributed by atoms with Crippen molar-refractivity contribution in [2.24, 2.45) is 5.92 Å². The largest absolute Gasteiger partial charge is 0.480 e. The third-order valence-electron chi connectivity index (χ3n) is 4.53. The molecule has 2 atom stereocenters. The van der Waals surface area contributed by atoms with Gasteiger partial charge in [-0.05, 0) is 43.9 Å². The maximum atomic E-state index is 12.5. The molecule has 142 valence electrons. The Morgan fingerprint density at radius 1 is 1.23 bits per heavy atom. The van der Waals surface area contributed by atoms with Gasteiger partial charge in [0.2, 0.25) is 10.0 Å². The van der Waals surface area contributed by atoms with Crippen molar-refractivity contribution in [1.82, 2.24) is 10.0 Å². The second-order valence-corrected chi connectivity index (χ2v) is 8.40. The number of carboxylic acids is 1. The summed E-state index contributed by atoms with van der Waals surface area (Å²) in [7, 11) is -3.68. The van der Waals surface area contributed by atoms with Gasteiger partial charge in [0.15, 0.2) is 0 Å². The first-order valence-corrected chi connectivity index (χ1v) is 10.1. The van der Waals surface area contributed by atoms with Gasteiger partial charge < -0.3 is 15.2 Å². The maximum absolute atomic E-state index is 12.5. The number of benzene rings is 1. The van der Waals surface area contributed by atoms with E-state index in [1.54, 1.807) is 0 Å². The average molecular weight is 382 g/mol. The number of amides is 1. The van der Waals surface area contributed by atoms with Crippen LogP contribution in [0.2, 0.25) is 0 Å². The molecular weight excluding hydrogens is 360 g/mol.